The number of carbonyl (C=O) groups excluding carboxylic acids is 1. The standard InChI is InChI=1S/C15H14BrN3O2/c1-19(2)8-10(7-17)15(20)13-4-9-5-14(21-3)11(16)6-12(9)18-13/h4-6,8,18H,1-3H3/b10-8+. The number of hydrogen-bond donors (Lipinski definition) is 1. The van der Waals surface area contributed by atoms with Gasteiger partial charge < -0.3 is 14.6 Å². The van der Waals surface area contributed by atoms with Gasteiger partial charge in [0.1, 0.15) is 17.4 Å². The van der Waals surface area contributed by atoms with E-state index in [9.17, 15) is 4.79 Å². The third-order valence-electron chi connectivity index (χ3n) is 2.89. The van der Waals surface area contributed by atoms with Gasteiger partial charge in [-0.15, -0.1) is 0 Å². The smallest absolute Gasteiger partial charge is 0.221 e. The fourth-order valence-corrected chi connectivity index (χ4v) is 2.46. The minimum atomic E-state index is -0.336. The van der Waals surface area contributed by atoms with E-state index < -0.39 is 0 Å². The van der Waals surface area contributed by atoms with Crippen LogP contribution >= 0.6 is 15.9 Å². The van der Waals surface area contributed by atoms with Crippen LogP contribution in [0.1, 0.15) is 10.5 Å². The van der Waals surface area contributed by atoms with E-state index >= 15 is 0 Å². The Morgan fingerprint density at radius 1 is 1.43 bits per heavy atom. The zero-order valence-corrected chi connectivity index (χ0v) is 13.5. The minimum absolute atomic E-state index is 0.0811. The summed E-state index contributed by atoms with van der Waals surface area (Å²) in [6, 6.07) is 7.31. The van der Waals surface area contributed by atoms with Gasteiger partial charge in [-0.25, -0.2) is 0 Å². The van der Waals surface area contributed by atoms with E-state index in [1.165, 1.54) is 6.20 Å². The first kappa shape index (κ1) is 15.1. The number of halogens is 1. The number of carbonyl (C=O) groups is 1. The number of Topliss-reactive ketones (excluding diaryl/α,β-unsaturated/α-hetero) is 1. The van der Waals surface area contributed by atoms with Crippen molar-refractivity contribution in [2.45, 2.75) is 0 Å². The molecule has 5 nitrogen and oxygen atoms in total. The lowest BCUT2D eigenvalue weighted by molar-refractivity contribution is 0.103. The number of ether oxygens (including phenoxy) is 1. The Kier molecular flexibility index (Phi) is 4.34. The van der Waals surface area contributed by atoms with Gasteiger partial charge in [0.15, 0.2) is 0 Å². The number of nitrogens with one attached hydrogen (secondary N) is 1. The molecule has 0 spiro atoms. The van der Waals surface area contributed by atoms with Gasteiger partial charge >= 0.3 is 0 Å². The van der Waals surface area contributed by atoms with Crippen molar-refractivity contribution in [3.8, 4) is 11.8 Å². The minimum Gasteiger partial charge on any atom is -0.496 e. The summed E-state index contributed by atoms with van der Waals surface area (Å²) in [5, 5.41) is 9.95. The molecule has 0 aliphatic rings. The van der Waals surface area contributed by atoms with Crippen LogP contribution in [0.15, 0.2) is 34.4 Å². The first-order valence-corrected chi connectivity index (χ1v) is 6.95. The molecule has 0 saturated carbocycles. The molecule has 1 aromatic heterocycles. The second-order valence-corrected chi connectivity index (χ2v) is 5.56. The maximum Gasteiger partial charge on any atom is 0.221 e. The Balaban J connectivity index is 2.48. The third-order valence-corrected chi connectivity index (χ3v) is 3.51. The molecular formula is C15H14BrN3O2. The Morgan fingerprint density at radius 3 is 2.71 bits per heavy atom. The molecule has 6 heteroatoms. The van der Waals surface area contributed by atoms with E-state index in [0.717, 1.165) is 15.4 Å². The van der Waals surface area contributed by atoms with Gasteiger partial charge in [-0.3, -0.25) is 4.79 Å². The zero-order chi connectivity index (χ0) is 15.6. The molecule has 0 saturated heterocycles. The predicted octanol–water partition coefficient (Wildman–Crippen LogP) is 3.09. The molecule has 0 unspecified atom stereocenters. The van der Waals surface area contributed by atoms with Crippen molar-refractivity contribution >= 4 is 32.6 Å². The van der Waals surface area contributed by atoms with Crippen LogP contribution < -0.4 is 4.74 Å². The monoisotopic (exact) mass is 347 g/mol. The summed E-state index contributed by atoms with van der Waals surface area (Å²) in [6.07, 6.45) is 1.50. The summed E-state index contributed by atoms with van der Waals surface area (Å²) in [6.45, 7) is 0. The van der Waals surface area contributed by atoms with Gasteiger partial charge in [0.05, 0.1) is 17.3 Å². The zero-order valence-electron chi connectivity index (χ0n) is 11.9. The largest absolute Gasteiger partial charge is 0.496 e. The number of rotatable bonds is 4. The maximum absolute atomic E-state index is 12.3. The lowest BCUT2D eigenvalue weighted by Crippen LogP contribution is -2.09. The molecule has 1 heterocycles. The maximum atomic E-state index is 12.3. The van der Waals surface area contributed by atoms with Gasteiger partial charge in [0.2, 0.25) is 5.78 Å². The van der Waals surface area contributed by atoms with Crippen molar-refractivity contribution in [2.24, 2.45) is 0 Å². The van der Waals surface area contributed by atoms with Gasteiger partial charge in [-0.05, 0) is 34.1 Å². The molecular weight excluding hydrogens is 334 g/mol. The first-order chi connectivity index (χ1) is 9.96. The third kappa shape index (κ3) is 3.09. The molecule has 0 aliphatic carbocycles. The van der Waals surface area contributed by atoms with Crippen molar-refractivity contribution in [1.82, 2.24) is 9.88 Å². The summed E-state index contributed by atoms with van der Waals surface area (Å²) < 4.78 is 6.02. The topological polar surface area (TPSA) is 69.1 Å². The number of hydrogen-bond acceptors (Lipinski definition) is 4. The number of H-pyrrole nitrogens is 1. The van der Waals surface area contributed by atoms with Crippen molar-refractivity contribution in [3.63, 3.8) is 0 Å². The molecule has 2 aromatic rings. The highest BCUT2D eigenvalue weighted by Gasteiger charge is 2.16. The second kappa shape index (κ2) is 6.02. The molecule has 0 radical (unpaired) electrons. The van der Waals surface area contributed by atoms with Crippen LogP contribution in [0, 0.1) is 11.3 Å². The van der Waals surface area contributed by atoms with Crippen LogP contribution in [0.2, 0.25) is 0 Å². The quantitative estimate of drug-likeness (QED) is 0.524. The van der Waals surface area contributed by atoms with Crippen LogP contribution in [0.25, 0.3) is 10.9 Å². The highest BCUT2D eigenvalue weighted by atomic mass is 79.9. The van der Waals surface area contributed by atoms with E-state index in [-0.39, 0.29) is 11.4 Å². The average molecular weight is 348 g/mol. The number of nitrogens with zero attached hydrogens (tertiary/aromatic N) is 2. The van der Waals surface area contributed by atoms with Gasteiger partial charge in [0, 0.05) is 31.2 Å². The molecule has 1 aromatic carbocycles. The van der Waals surface area contributed by atoms with Crippen molar-refractivity contribution in [1.29, 1.82) is 5.26 Å². The lowest BCUT2D eigenvalue weighted by Gasteiger charge is -2.04. The number of aromatic nitrogens is 1. The molecule has 1 N–H and O–H groups in total. The van der Waals surface area contributed by atoms with Crippen LogP contribution in [0.3, 0.4) is 0 Å². The second-order valence-electron chi connectivity index (χ2n) is 4.70. The van der Waals surface area contributed by atoms with Crippen molar-refractivity contribution in [2.75, 3.05) is 21.2 Å². The average Bonchev–Trinajstić information content (AvgIpc) is 2.85. The number of fused-ring (bicyclic) bond motifs is 1. The molecule has 0 bridgehead atoms. The molecule has 0 atom stereocenters. The van der Waals surface area contributed by atoms with Crippen molar-refractivity contribution < 1.29 is 9.53 Å². The number of methoxy groups -OCH3 is 1. The Bertz CT molecular complexity index is 769. The van der Waals surface area contributed by atoms with Gasteiger partial charge in [-0.2, -0.15) is 5.26 Å². The molecule has 2 rings (SSSR count). The Morgan fingerprint density at radius 2 is 2.14 bits per heavy atom. The van der Waals surface area contributed by atoms with Crippen molar-refractivity contribution in [3.05, 3.63) is 40.1 Å². The van der Waals surface area contributed by atoms with E-state index in [0.29, 0.717) is 11.4 Å². The van der Waals surface area contributed by atoms with E-state index in [1.807, 2.05) is 18.2 Å². The molecule has 21 heavy (non-hydrogen) atoms. The summed E-state index contributed by atoms with van der Waals surface area (Å²) in [5.74, 6) is 0.349. The van der Waals surface area contributed by atoms with Crippen LogP contribution in [-0.2, 0) is 0 Å². The number of ketones is 1. The highest BCUT2D eigenvalue weighted by Crippen LogP contribution is 2.30. The number of benzene rings is 1. The molecule has 0 aliphatic heterocycles. The summed E-state index contributed by atoms with van der Waals surface area (Å²) in [7, 11) is 5.11. The Labute approximate surface area is 130 Å². The fraction of sp³-hybridized carbons (Fsp3) is 0.200. The number of allylic oxidation sites excluding steroid dienone is 1. The normalized spacial score (nSPS) is 11.3. The van der Waals surface area contributed by atoms with E-state index in [2.05, 4.69) is 20.9 Å². The highest BCUT2D eigenvalue weighted by molar-refractivity contribution is 9.10. The first-order valence-electron chi connectivity index (χ1n) is 6.15. The molecule has 0 fully saturated rings. The predicted molar refractivity (Wildman–Crippen MR) is 84.3 cm³/mol. The van der Waals surface area contributed by atoms with Crippen LogP contribution in [0.4, 0.5) is 0 Å². The SMILES string of the molecule is COc1cc2cc(C(=O)/C(C#N)=C/N(C)C)[nH]c2cc1Br. The summed E-state index contributed by atoms with van der Waals surface area (Å²) >= 11 is 3.40. The van der Waals surface area contributed by atoms with E-state index in [1.54, 1.807) is 32.2 Å². The summed E-state index contributed by atoms with van der Waals surface area (Å²) in [4.78, 5) is 17.0. The van der Waals surface area contributed by atoms with Gasteiger partial charge in [-0.1, -0.05) is 0 Å². The lowest BCUT2D eigenvalue weighted by atomic mass is 10.1. The Hall–Kier alpha value is -2.26. The van der Waals surface area contributed by atoms with Gasteiger partial charge in [0.25, 0.3) is 0 Å². The van der Waals surface area contributed by atoms with Crippen LogP contribution in [-0.4, -0.2) is 36.9 Å². The molecule has 0 amide bonds. The molecule has 108 valence electrons. The number of nitriles is 1. The van der Waals surface area contributed by atoms with Crippen LogP contribution in [0.5, 0.6) is 5.75 Å². The number of aromatic amines is 1. The fourth-order valence-electron chi connectivity index (χ4n) is 1.95. The van der Waals surface area contributed by atoms with E-state index in [4.69, 9.17) is 10.00 Å². The summed E-state index contributed by atoms with van der Waals surface area (Å²) in [5.41, 5.74) is 1.26.